The summed E-state index contributed by atoms with van der Waals surface area (Å²) in [5.41, 5.74) is 10.2. The normalized spacial score (nSPS) is 11.8. The van der Waals surface area contributed by atoms with Crippen LogP contribution in [-0.2, 0) is 0 Å². The molecular weight excluding hydrogens is 671 g/mol. The van der Waals surface area contributed by atoms with Crippen molar-refractivity contribution in [3.05, 3.63) is 176 Å². The molecule has 244 valence electrons. The maximum absolute atomic E-state index is 6.70. The molecule has 0 radical (unpaired) electrons. The van der Waals surface area contributed by atoms with Crippen LogP contribution in [0.25, 0.3) is 84.5 Å². The van der Waals surface area contributed by atoms with Crippen LogP contribution >= 0.6 is 22.7 Å². The first-order chi connectivity index (χ1) is 25.8. The van der Waals surface area contributed by atoms with E-state index < -0.39 is 0 Å². The van der Waals surface area contributed by atoms with Gasteiger partial charge in [-0.25, -0.2) is 0 Å². The molecule has 2 nitrogen and oxygen atoms in total. The minimum atomic E-state index is 0.907. The summed E-state index contributed by atoms with van der Waals surface area (Å²) in [6.07, 6.45) is 0. The summed E-state index contributed by atoms with van der Waals surface area (Å²) >= 11 is 3.73. The average molecular weight is 700 g/mol. The maximum Gasteiger partial charge on any atom is 0.144 e. The monoisotopic (exact) mass is 699 g/mol. The van der Waals surface area contributed by atoms with Crippen molar-refractivity contribution < 1.29 is 4.42 Å². The third-order valence-corrected chi connectivity index (χ3v) is 12.7. The molecule has 0 atom stereocenters. The van der Waals surface area contributed by atoms with E-state index in [0.717, 1.165) is 39.0 Å². The van der Waals surface area contributed by atoms with Crippen LogP contribution in [0.4, 0.5) is 17.1 Å². The number of para-hydroxylation sites is 1. The molecule has 0 amide bonds. The Balaban J connectivity index is 1.24. The minimum Gasteiger partial charge on any atom is -0.455 e. The molecule has 0 saturated carbocycles. The minimum absolute atomic E-state index is 0.907. The lowest BCUT2D eigenvalue weighted by molar-refractivity contribution is 0.673. The predicted octanol–water partition coefficient (Wildman–Crippen LogP) is 15.1. The lowest BCUT2D eigenvalue weighted by Gasteiger charge is -2.27. The van der Waals surface area contributed by atoms with E-state index >= 15 is 0 Å². The average Bonchev–Trinajstić information content (AvgIpc) is 3.91. The van der Waals surface area contributed by atoms with Crippen molar-refractivity contribution in [1.29, 1.82) is 0 Å². The highest BCUT2D eigenvalue weighted by Crippen LogP contribution is 2.52. The summed E-state index contributed by atoms with van der Waals surface area (Å²) in [4.78, 5) is 2.49. The lowest BCUT2D eigenvalue weighted by Crippen LogP contribution is -2.10. The number of benzene rings is 8. The molecule has 8 aromatic carbocycles. The van der Waals surface area contributed by atoms with E-state index in [-0.39, 0.29) is 0 Å². The van der Waals surface area contributed by atoms with Gasteiger partial charge in [0.1, 0.15) is 11.2 Å². The third kappa shape index (κ3) is 4.48. The topological polar surface area (TPSA) is 16.4 Å². The second-order valence-electron chi connectivity index (χ2n) is 13.2. The first-order valence-electron chi connectivity index (χ1n) is 17.5. The summed E-state index contributed by atoms with van der Waals surface area (Å²) < 4.78 is 11.7. The van der Waals surface area contributed by atoms with E-state index in [2.05, 4.69) is 181 Å². The molecule has 0 aliphatic rings. The molecule has 0 fully saturated rings. The van der Waals surface area contributed by atoms with E-state index in [1.54, 1.807) is 0 Å². The van der Waals surface area contributed by atoms with Crippen molar-refractivity contribution in [2.24, 2.45) is 0 Å². The Labute approximate surface area is 308 Å². The van der Waals surface area contributed by atoms with Crippen LogP contribution in [0.3, 0.4) is 0 Å². The number of anilines is 3. The first-order valence-corrected chi connectivity index (χ1v) is 19.1. The number of hydrogen-bond donors (Lipinski definition) is 0. The molecule has 0 saturated heterocycles. The Hall–Kier alpha value is -6.20. The van der Waals surface area contributed by atoms with Gasteiger partial charge < -0.3 is 9.32 Å². The molecule has 11 aromatic rings. The molecule has 0 bridgehead atoms. The van der Waals surface area contributed by atoms with Crippen LogP contribution in [0.5, 0.6) is 0 Å². The summed E-state index contributed by atoms with van der Waals surface area (Å²) in [5.74, 6) is 0. The Morgan fingerprint density at radius 1 is 0.404 bits per heavy atom. The highest BCUT2D eigenvalue weighted by Gasteiger charge is 2.25. The number of fused-ring (bicyclic) bond motifs is 10. The molecular formula is C48H29NOS2. The smallest absolute Gasteiger partial charge is 0.144 e. The fraction of sp³-hybridized carbons (Fsp3) is 0. The zero-order valence-corrected chi connectivity index (χ0v) is 29.5. The van der Waals surface area contributed by atoms with E-state index in [4.69, 9.17) is 4.42 Å². The maximum atomic E-state index is 6.70. The summed E-state index contributed by atoms with van der Waals surface area (Å²) in [6.45, 7) is 0. The molecule has 11 rings (SSSR count). The van der Waals surface area contributed by atoms with E-state index in [1.165, 1.54) is 62.6 Å². The molecule has 52 heavy (non-hydrogen) atoms. The van der Waals surface area contributed by atoms with E-state index in [9.17, 15) is 0 Å². The number of rotatable bonds is 5. The van der Waals surface area contributed by atoms with Gasteiger partial charge in [-0.05, 0) is 58.7 Å². The van der Waals surface area contributed by atoms with Gasteiger partial charge in [0.2, 0.25) is 0 Å². The number of nitrogens with zero attached hydrogens (tertiary/aromatic N) is 1. The quantitative estimate of drug-likeness (QED) is 0.178. The van der Waals surface area contributed by atoms with Gasteiger partial charge in [-0.3, -0.25) is 0 Å². The van der Waals surface area contributed by atoms with Gasteiger partial charge in [-0.2, -0.15) is 0 Å². The second-order valence-corrected chi connectivity index (χ2v) is 15.3. The number of furan rings is 1. The zero-order valence-electron chi connectivity index (χ0n) is 27.9. The molecule has 3 aromatic heterocycles. The number of thiophene rings is 2. The van der Waals surface area contributed by atoms with E-state index in [0.29, 0.717) is 0 Å². The summed E-state index contributed by atoms with van der Waals surface area (Å²) in [6, 6.07) is 63.5. The first kappa shape index (κ1) is 29.5. The van der Waals surface area contributed by atoms with Crippen molar-refractivity contribution in [2.75, 3.05) is 4.90 Å². The largest absolute Gasteiger partial charge is 0.455 e. The Bertz CT molecular complexity index is 3120. The summed E-state index contributed by atoms with van der Waals surface area (Å²) in [7, 11) is 0. The van der Waals surface area contributed by atoms with Gasteiger partial charge in [0.05, 0.1) is 20.8 Å². The van der Waals surface area contributed by atoms with Crippen LogP contribution in [0.15, 0.2) is 180 Å². The van der Waals surface area contributed by atoms with Gasteiger partial charge in [-0.1, -0.05) is 140 Å². The highest BCUT2D eigenvalue weighted by atomic mass is 32.1. The standard InChI is InChI=1S/C48H29NOS2/c1-3-13-30(14-4-1)31-25-27-33(28-26-31)49(40-22-12-21-37-36-20-11-19-34(46(36)52-47(37)40)32-15-5-2-6-16-32)41-29-39-35-17-7-9-23-42(35)50-45(39)44-38-18-8-10-24-43(38)51-48(41)44/h1-29H. The highest BCUT2D eigenvalue weighted by molar-refractivity contribution is 7.27. The molecule has 0 spiro atoms. The SMILES string of the molecule is c1ccc(-c2ccc(N(c3cccc4c3sc3c(-c5ccccc5)cccc34)c3cc4c5ccccc5oc4c4c3sc3ccccc34)cc2)cc1. The predicted molar refractivity (Wildman–Crippen MR) is 225 cm³/mol. The summed E-state index contributed by atoms with van der Waals surface area (Å²) in [5, 5.41) is 7.20. The van der Waals surface area contributed by atoms with Gasteiger partial charge >= 0.3 is 0 Å². The van der Waals surface area contributed by atoms with Crippen LogP contribution < -0.4 is 4.90 Å². The van der Waals surface area contributed by atoms with Crippen molar-refractivity contribution in [2.45, 2.75) is 0 Å². The van der Waals surface area contributed by atoms with E-state index in [1.807, 2.05) is 22.7 Å². The van der Waals surface area contributed by atoms with Crippen LogP contribution in [0.2, 0.25) is 0 Å². The Morgan fingerprint density at radius 2 is 1.04 bits per heavy atom. The second kappa shape index (κ2) is 11.7. The number of hydrogen-bond acceptors (Lipinski definition) is 4. The van der Waals surface area contributed by atoms with Gasteiger partial charge in [-0.15, -0.1) is 22.7 Å². The molecule has 0 N–H and O–H groups in total. The fourth-order valence-corrected chi connectivity index (χ4v) is 10.4. The molecule has 0 aliphatic heterocycles. The lowest BCUT2D eigenvalue weighted by atomic mass is 10.0. The van der Waals surface area contributed by atoms with Crippen molar-refractivity contribution >= 4 is 102 Å². The van der Waals surface area contributed by atoms with Gasteiger partial charge in [0, 0.05) is 47.4 Å². The fourth-order valence-electron chi connectivity index (χ4n) is 7.88. The van der Waals surface area contributed by atoms with Crippen molar-refractivity contribution in [1.82, 2.24) is 0 Å². The van der Waals surface area contributed by atoms with Crippen LogP contribution in [0.1, 0.15) is 0 Å². The molecule has 4 heteroatoms. The van der Waals surface area contributed by atoms with Gasteiger partial charge in [0.25, 0.3) is 0 Å². The molecule has 3 heterocycles. The third-order valence-electron chi connectivity index (χ3n) is 10.3. The Morgan fingerprint density at radius 3 is 1.85 bits per heavy atom. The Kier molecular flexibility index (Phi) is 6.63. The molecule has 0 unspecified atom stereocenters. The van der Waals surface area contributed by atoms with Crippen LogP contribution in [-0.4, -0.2) is 0 Å². The van der Waals surface area contributed by atoms with Crippen molar-refractivity contribution in [3.8, 4) is 22.3 Å². The zero-order chi connectivity index (χ0) is 34.2. The van der Waals surface area contributed by atoms with Crippen LogP contribution in [0, 0.1) is 0 Å². The van der Waals surface area contributed by atoms with Gasteiger partial charge in [0.15, 0.2) is 0 Å². The van der Waals surface area contributed by atoms with Crippen molar-refractivity contribution in [3.63, 3.8) is 0 Å². The molecule has 0 aliphatic carbocycles.